The van der Waals surface area contributed by atoms with Crippen LogP contribution in [-0.4, -0.2) is 33.2 Å². The fraction of sp³-hybridized carbons (Fsp3) is 0.875. The van der Waals surface area contributed by atoms with Gasteiger partial charge in [-0.2, -0.15) is 0 Å². The lowest BCUT2D eigenvalue weighted by Crippen LogP contribution is -2.53. The van der Waals surface area contributed by atoms with Crippen LogP contribution in [0.15, 0.2) is 0 Å². The molecule has 0 bridgehead atoms. The van der Waals surface area contributed by atoms with E-state index in [1.54, 1.807) is 0 Å². The third-order valence-corrected chi connectivity index (χ3v) is 9.53. The zero-order valence-corrected chi connectivity index (χ0v) is 18.6. The fourth-order valence-corrected chi connectivity index (χ4v) is 7.96. The van der Waals surface area contributed by atoms with Crippen LogP contribution in [0.1, 0.15) is 85.0 Å². The summed E-state index contributed by atoms with van der Waals surface area (Å²) in [6, 6.07) is 0. The Morgan fingerprint density at radius 1 is 0.867 bits per heavy atom. The van der Waals surface area contributed by atoms with E-state index >= 15 is 0 Å². The van der Waals surface area contributed by atoms with Crippen molar-refractivity contribution in [2.24, 2.45) is 46.3 Å². The molecule has 3 rings (SSSR count). The Bertz CT molecular complexity index is 689. The molecule has 0 aromatic heterocycles. The normalized spacial score (nSPS) is 42.3. The van der Waals surface area contributed by atoms with Crippen LogP contribution in [0.5, 0.6) is 0 Å². The van der Waals surface area contributed by atoms with Crippen LogP contribution in [0.2, 0.25) is 0 Å². The van der Waals surface area contributed by atoms with Crippen molar-refractivity contribution in [1.82, 2.24) is 0 Å². The van der Waals surface area contributed by atoms with Crippen molar-refractivity contribution in [3.63, 3.8) is 0 Å². The number of carboxylic acid groups (broad SMARTS) is 3. The zero-order chi connectivity index (χ0) is 22.3. The predicted molar refractivity (Wildman–Crippen MR) is 112 cm³/mol. The number of aliphatic carboxylic acids is 3. The maximum Gasteiger partial charge on any atom is 0.307 e. The maximum absolute atomic E-state index is 12.6. The highest BCUT2D eigenvalue weighted by Crippen LogP contribution is 2.65. The van der Waals surface area contributed by atoms with Gasteiger partial charge in [0.15, 0.2) is 0 Å². The third-order valence-electron chi connectivity index (χ3n) is 9.53. The smallest absolute Gasteiger partial charge is 0.307 e. The van der Waals surface area contributed by atoms with Crippen molar-refractivity contribution in [2.45, 2.75) is 85.0 Å². The first-order valence-corrected chi connectivity index (χ1v) is 11.7. The SMILES string of the molecule is C[C@@H](CCC(=O)O)[C@@H]1CC[C@@H]2[C@@H](C(=O)O)[C@@H]([C@@]3(C)CCCC[C@H]3C(=O)O)CC[C@@]21C. The Hall–Kier alpha value is -1.59. The second-order valence-electron chi connectivity index (χ2n) is 10.9. The van der Waals surface area contributed by atoms with Gasteiger partial charge in [0.2, 0.25) is 0 Å². The van der Waals surface area contributed by atoms with Gasteiger partial charge in [-0.3, -0.25) is 14.4 Å². The molecule has 3 saturated carbocycles. The zero-order valence-electron chi connectivity index (χ0n) is 18.6. The number of carbonyl (C=O) groups is 3. The van der Waals surface area contributed by atoms with Crippen LogP contribution in [0.4, 0.5) is 0 Å². The Kier molecular flexibility index (Phi) is 6.54. The molecule has 0 unspecified atom stereocenters. The van der Waals surface area contributed by atoms with E-state index in [0.717, 1.165) is 44.9 Å². The molecule has 0 saturated heterocycles. The average molecular weight is 423 g/mol. The van der Waals surface area contributed by atoms with E-state index in [4.69, 9.17) is 5.11 Å². The molecule has 0 amide bonds. The molecular weight excluding hydrogens is 384 g/mol. The summed E-state index contributed by atoms with van der Waals surface area (Å²) in [6.07, 6.45) is 7.55. The second-order valence-corrected chi connectivity index (χ2v) is 10.9. The highest BCUT2D eigenvalue weighted by molar-refractivity contribution is 5.73. The van der Waals surface area contributed by atoms with Gasteiger partial charge in [0.1, 0.15) is 0 Å². The summed E-state index contributed by atoms with van der Waals surface area (Å²) in [7, 11) is 0. The van der Waals surface area contributed by atoms with Crippen LogP contribution in [0, 0.1) is 46.3 Å². The standard InChI is InChI=1S/C24H38O6/c1-14(7-10-19(25)26)15-8-9-16-20(22(29)30)17(11-13-24(15,16)3)23(2)12-5-4-6-18(23)21(27)28/h14-18,20H,4-13H2,1-3H3,(H,25,26)(H,27,28)(H,29,30)/t14-,15-,16+,17-,18-,20+,23+,24+/m0/s1. The molecule has 3 aliphatic rings. The lowest BCUT2D eigenvalue weighted by molar-refractivity contribution is -0.168. The van der Waals surface area contributed by atoms with Gasteiger partial charge < -0.3 is 15.3 Å². The maximum atomic E-state index is 12.6. The van der Waals surface area contributed by atoms with Crippen molar-refractivity contribution in [1.29, 1.82) is 0 Å². The van der Waals surface area contributed by atoms with Crippen LogP contribution >= 0.6 is 0 Å². The van der Waals surface area contributed by atoms with Crippen molar-refractivity contribution >= 4 is 17.9 Å². The first-order valence-electron chi connectivity index (χ1n) is 11.7. The molecule has 30 heavy (non-hydrogen) atoms. The summed E-state index contributed by atoms with van der Waals surface area (Å²) in [5.41, 5.74) is -0.581. The van der Waals surface area contributed by atoms with Gasteiger partial charge >= 0.3 is 17.9 Å². The first-order chi connectivity index (χ1) is 14.0. The van der Waals surface area contributed by atoms with E-state index in [1.165, 1.54) is 0 Å². The van der Waals surface area contributed by atoms with Gasteiger partial charge in [-0.25, -0.2) is 0 Å². The molecule has 3 aliphatic carbocycles. The van der Waals surface area contributed by atoms with E-state index in [-0.39, 0.29) is 29.6 Å². The summed E-state index contributed by atoms with van der Waals surface area (Å²) in [6.45, 7) is 6.37. The van der Waals surface area contributed by atoms with Crippen LogP contribution < -0.4 is 0 Å². The van der Waals surface area contributed by atoms with Crippen molar-refractivity contribution in [3.05, 3.63) is 0 Å². The number of hydrogen-bond donors (Lipinski definition) is 3. The minimum absolute atomic E-state index is 0.0409. The number of carboxylic acids is 3. The molecule has 0 aromatic carbocycles. The quantitative estimate of drug-likeness (QED) is 0.537. The van der Waals surface area contributed by atoms with E-state index in [9.17, 15) is 24.6 Å². The molecular formula is C24H38O6. The Balaban J connectivity index is 1.88. The van der Waals surface area contributed by atoms with Crippen LogP contribution in [-0.2, 0) is 14.4 Å². The summed E-state index contributed by atoms with van der Waals surface area (Å²) in [5.74, 6) is -2.79. The molecule has 0 aromatic rings. The average Bonchev–Trinajstić information content (AvgIpc) is 3.02. The van der Waals surface area contributed by atoms with Crippen molar-refractivity contribution in [3.8, 4) is 0 Å². The fourth-order valence-electron chi connectivity index (χ4n) is 7.96. The van der Waals surface area contributed by atoms with Gasteiger partial charge in [0, 0.05) is 6.42 Å². The predicted octanol–water partition coefficient (Wildman–Crippen LogP) is 4.91. The number of fused-ring (bicyclic) bond motifs is 1. The van der Waals surface area contributed by atoms with Crippen molar-refractivity contribution < 1.29 is 29.7 Å². The molecule has 3 fully saturated rings. The van der Waals surface area contributed by atoms with Crippen molar-refractivity contribution in [2.75, 3.05) is 0 Å². The molecule has 6 nitrogen and oxygen atoms in total. The van der Waals surface area contributed by atoms with Gasteiger partial charge in [0.05, 0.1) is 11.8 Å². The van der Waals surface area contributed by atoms with E-state index in [0.29, 0.717) is 18.8 Å². The van der Waals surface area contributed by atoms with Gasteiger partial charge in [-0.15, -0.1) is 0 Å². The molecule has 0 spiro atoms. The summed E-state index contributed by atoms with van der Waals surface area (Å²) in [5, 5.41) is 29.3. The van der Waals surface area contributed by atoms with Crippen LogP contribution in [0.3, 0.4) is 0 Å². The van der Waals surface area contributed by atoms with Gasteiger partial charge in [-0.1, -0.05) is 33.6 Å². The van der Waals surface area contributed by atoms with Gasteiger partial charge in [-0.05, 0) is 79.4 Å². The number of hydrogen-bond acceptors (Lipinski definition) is 3. The minimum atomic E-state index is -0.779. The molecule has 0 heterocycles. The second kappa shape index (κ2) is 8.51. The Morgan fingerprint density at radius 2 is 1.53 bits per heavy atom. The third kappa shape index (κ3) is 3.87. The molecule has 0 aliphatic heterocycles. The highest BCUT2D eigenvalue weighted by Gasteiger charge is 2.61. The van der Waals surface area contributed by atoms with E-state index < -0.39 is 35.2 Å². The monoisotopic (exact) mass is 422 g/mol. The summed E-state index contributed by atoms with van der Waals surface area (Å²) < 4.78 is 0. The molecule has 0 radical (unpaired) electrons. The largest absolute Gasteiger partial charge is 0.481 e. The topological polar surface area (TPSA) is 112 Å². The Morgan fingerprint density at radius 3 is 2.13 bits per heavy atom. The first kappa shape index (κ1) is 23.1. The highest BCUT2D eigenvalue weighted by atomic mass is 16.4. The van der Waals surface area contributed by atoms with Crippen LogP contribution in [0.25, 0.3) is 0 Å². The van der Waals surface area contributed by atoms with Gasteiger partial charge in [0.25, 0.3) is 0 Å². The Labute approximate surface area is 179 Å². The molecule has 8 atom stereocenters. The molecule has 6 heteroatoms. The van der Waals surface area contributed by atoms with E-state index in [1.807, 2.05) is 6.92 Å². The van der Waals surface area contributed by atoms with E-state index in [2.05, 4.69) is 13.8 Å². The molecule has 3 N–H and O–H groups in total. The minimum Gasteiger partial charge on any atom is -0.481 e. The summed E-state index contributed by atoms with van der Waals surface area (Å²) in [4.78, 5) is 35.7. The summed E-state index contributed by atoms with van der Waals surface area (Å²) >= 11 is 0. The lowest BCUT2D eigenvalue weighted by atomic mass is 9.48. The number of rotatable bonds is 7. The lowest BCUT2D eigenvalue weighted by Gasteiger charge is -2.55. The molecule has 170 valence electrons.